The first-order valence-corrected chi connectivity index (χ1v) is 4.53. The minimum Gasteiger partial charge on any atom is -0.359 e. The SMILES string of the molecule is CNC(=N)N1CCC(C(F)(F)F)CC1. The number of piperidine rings is 1. The number of hydrogen-bond acceptors (Lipinski definition) is 1. The van der Waals surface area contributed by atoms with E-state index in [1.165, 1.54) is 0 Å². The van der Waals surface area contributed by atoms with Gasteiger partial charge in [-0.05, 0) is 12.8 Å². The first-order valence-electron chi connectivity index (χ1n) is 4.53. The Labute approximate surface area is 80.8 Å². The lowest BCUT2D eigenvalue weighted by molar-refractivity contribution is -0.183. The number of halogens is 3. The summed E-state index contributed by atoms with van der Waals surface area (Å²) < 4.78 is 36.8. The summed E-state index contributed by atoms with van der Waals surface area (Å²) in [4.78, 5) is 1.63. The molecule has 1 fully saturated rings. The molecule has 1 heterocycles. The molecule has 1 saturated heterocycles. The predicted molar refractivity (Wildman–Crippen MR) is 47.1 cm³/mol. The maximum Gasteiger partial charge on any atom is 0.391 e. The molecule has 0 aromatic carbocycles. The summed E-state index contributed by atoms with van der Waals surface area (Å²) in [6.45, 7) is 0.619. The zero-order chi connectivity index (χ0) is 10.8. The summed E-state index contributed by atoms with van der Waals surface area (Å²) in [5, 5.41) is 10.0. The minimum absolute atomic E-state index is 0.0908. The van der Waals surface area contributed by atoms with E-state index in [4.69, 9.17) is 5.41 Å². The maximum absolute atomic E-state index is 12.3. The van der Waals surface area contributed by atoms with E-state index in [2.05, 4.69) is 5.32 Å². The topological polar surface area (TPSA) is 39.1 Å². The van der Waals surface area contributed by atoms with Crippen LogP contribution in [-0.4, -0.2) is 37.2 Å². The van der Waals surface area contributed by atoms with Gasteiger partial charge in [-0.1, -0.05) is 0 Å². The molecule has 0 spiro atoms. The van der Waals surface area contributed by atoms with Crippen molar-refractivity contribution in [2.24, 2.45) is 5.92 Å². The van der Waals surface area contributed by atoms with Crippen molar-refractivity contribution in [2.75, 3.05) is 20.1 Å². The second-order valence-corrected chi connectivity index (χ2v) is 3.40. The van der Waals surface area contributed by atoms with Gasteiger partial charge in [-0.2, -0.15) is 13.2 Å². The van der Waals surface area contributed by atoms with Crippen LogP contribution in [0.2, 0.25) is 0 Å². The maximum atomic E-state index is 12.3. The standard InChI is InChI=1S/C8H14F3N3/c1-13-7(12)14-4-2-6(3-5-14)8(9,10)11/h6H,2-5H2,1H3,(H2,12,13). The second kappa shape index (κ2) is 4.06. The van der Waals surface area contributed by atoms with Crippen LogP contribution in [0.3, 0.4) is 0 Å². The third-order valence-corrected chi connectivity index (χ3v) is 2.51. The number of rotatable bonds is 0. The zero-order valence-electron chi connectivity index (χ0n) is 7.99. The van der Waals surface area contributed by atoms with Gasteiger partial charge in [-0.15, -0.1) is 0 Å². The molecule has 2 N–H and O–H groups in total. The van der Waals surface area contributed by atoms with Crippen LogP contribution >= 0.6 is 0 Å². The van der Waals surface area contributed by atoms with Gasteiger partial charge in [-0.25, -0.2) is 0 Å². The molecular weight excluding hydrogens is 195 g/mol. The van der Waals surface area contributed by atoms with Gasteiger partial charge in [0.2, 0.25) is 0 Å². The Balaban J connectivity index is 2.43. The van der Waals surface area contributed by atoms with Crippen LogP contribution in [0.15, 0.2) is 0 Å². The summed E-state index contributed by atoms with van der Waals surface area (Å²) in [6, 6.07) is 0. The van der Waals surface area contributed by atoms with Gasteiger partial charge in [0.1, 0.15) is 0 Å². The number of hydrogen-bond donors (Lipinski definition) is 2. The molecule has 0 saturated carbocycles. The largest absolute Gasteiger partial charge is 0.391 e. The van der Waals surface area contributed by atoms with E-state index in [-0.39, 0.29) is 18.8 Å². The van der Waals surface area contributed by atoms with E-state index in [0.29, 0.717) is 13.1 Å². The number of nitrogens with zero attached hydrogens (tertiary/aromatic N) is 1. The van der Waals surface area contributed by atoms with Crippen LogP contribution in [0.4, 0.5) is 13.2 Å². The van der Waals surface area contributed by atoms with Crippen LogP contribution in [0.5, 0.6) is 0 Å². The van der Waals surface area contributed by atoms with E-state index in [0.717, 1.165) is 0 Å². The highest BCUT2D eigenvalue weighted by molar-refractivity contribution is 5.76. The Morgan fingerprint density at radius 1 is 1.36 bits per heavy atom. The fourth-order valence-corrected chi connectivity index (χ4v) is 1.59. The molecule has 82 valence electrons. The minimum atomic E-state index is -4.08. The molecule has 0 aromatic heterocycles. The van der Waals surface area contributed by atoms with Crippen molar-refractivity contribution in [3.05, 3.63) is 0 Å². The molecule has 1 rings (SSSR count). The summed E-state index contributed by atoms with van der Waals surface area (Å²) in [6.07, 6.45) is -3.89. The molecule has 0 atom stereocenters. The molecule has 1 aliphatic heterocycles. The van der Waals surface area contributed by atoms with Crippen molar-refractivity contribution in [3.8, 4) is 0 Å². The Hall–Kier alpha value is -0.940. The van der Waals surface area contributed by atoms with Crippen molar-refractivity contribution >= 4 is 5.96 Å². The third kappa shape index (κ3) is 2.52. The molecule has 1 aliphatic rings. The van der Waals surface area contributed by atoms with Crippen LogP contribution in [0.1, 0.15) is 12.8 Å². The van der Waals surface area contributed by atoms with Crippen molar-refractivity contribution in [1.29, 1.82) is 5.41 Å². The van der Waals surface area contributed by atoms with Gasteiger partial charge >= 0.3 is 6.18 Å². The lowest BCUT2D eigenvalue weighted by Gasteiger charge is -2.33. The Kier molecular flexibility index (Phi) is 3.23. The summed E-state index contributed by atoms with van der Waals surface area (Å²) in [5.41, 5.74) is 0. The predicted octanol–water partition coefficient (Wildman–Crippen LogP) is 1.41. The highest BCUT2D eigenvalue weighted by Crippen LogP contribution is 2.33. The fraction of sp³-hybridized carbons (Fsp3) is 0.875. The van der Waals surface area contributed by atoms with E-state index >= 15 is 0 Å². The molecule has 0 aliphatic carbocycles. The lowest BCUT2D eigenvalue weighted by atomic mass is 9.96. The van der Waals surface area contributed by atoms with Crippen LogP contribution < -0.4 is 5.32 Å². The summed E-state index contributed by atoms with van der Waals surface area (Å²) in [5.74, 6) is -0.992. The van der Waals surface area contributed by atoms with Gasteiger partial charge < -0.3 is 10.2 Å². The molecule has 0 radical (unpaired) electrons. The first kappa shape index (κ1) is 11.1. The van der Waals surface area contributed by atoms with Gasteiger partial charge in [0.05, 0.1) is 5.92 Å². The summed E-state index contributed by atoms with van der Waals surface area (Å²) in [7, 11) is 1.60. The molecule has 0 aromatic rings. The van der Waals surface area contributed by atoms with E-state index < -0.39 is 12.1 Å². The van der Waals surface area contributed by atoms with E-state index in [9.17, 15) is 13.2 Å². The molecule has 6 heteroatoms. The monoisotopic (exact) mass is 209 g/mol. The highest BCUT2D eigenvalue weighted by Gasteiger charge is 2.41. The molecule has 14 heavy (non-hydrogen) atoms. The van der Waals surface area contributed by atoms with Crippen LogP contribution in [-0.2, 0) is 0 Å². The Morgan fingerprint density at radius 3 is 2.21 bits per heavy atom. The van der Waals surface area contributed by atoms with Gasteiger partial charge in [0.15, 0.2) is 5.96 Å². The zero-order valence-corrected chi connectivity index (χ0v) is 7.99. The lowest BCUT2D eigenvalue weighted by Crippen LogP contribution is -2.45. The smallest absolute Gasteiger partial charge is 0.359 e. The molecule has 0 amide bonds. The average Bonchev–Trinajstić information content (AvgIpc) is 2.15. The number of alkyl halides is 3. The van der Waals surface area contributed by atoms with Gasteiger partial charge in [0, 0.05) is 20.1 Å². The molecule has 0 bridgehead atoms. The van der Waals surface area contributed by atoms with Crippen molar-refractivity contribution in [3.63, 3.8) is 0 Å². The normalized spacial score (nSPS) is 19.6. The van der Waals surface area contributed by atoms with Crippen molar-refractivity contribution in [1.82, 2.24) is 10.2 Å². The molecular formula is C8H14F3N3. The van der Waals surface area contributed by atoms with Gasteiger partial charge in [-0.3, -0.25) is 5.41 Å². The van der Waals surface area contributed by atoms with Crippen LogP contribution in [0, 0.1) is 11.3 Å². The van der Waals surface area contributed by atoms with Gasteiger partial charge in [0.25, 0.3) is 0 Å². The number of guanidine groups is 1. The van der Waals surface area contributed by atoms with E-state index in [1.807, 2.05) is 0 Å². The fourth-order valence-electron chi connectivity index (χ4n) is 1.59. The van der Waals surface area contributed by atoms with Crippen molar-refractivity contribution < 1.29 is 13.2 Å². The Bertz CT molecular complexity index is 206. The first-order chi connectivity index (χ1) is 6.45. The highest BCUT2D eigenvalue weighted by atomic mass is 19.4. The second-order valence-electron chi connectivity index (χ2n) is 3.40. The quantitative estimate of drug-likeness (QED) is 0.467. The third-order valence-electron chi connectivity index (χ3n) is 2.51. The van der Waals surface area contributed by atoms with Crippen LogP contribution in [0.25, 0.3) is 0 Å². The molecule has 3 nitrogen and oxygen atoms in total. The number of likely N-dealkylation sites (tertiary alicyclic amines) is 1. The van der Waals surface area contributed by atoms with Crippen molar-refractivity contribution in [2.45, 2.75) is 19.0 Å². The molecule has 0 unspecified atom stereocenters. The number of nitrogens with one attached hydrogen (secondary N) is 2. The Morgan fingerprint density at radius 2 is 1.86 bits per heavy atom. The summed E-state index contributed by atoms with van der Waals surface area (Å²) >= 11 is 0. The van der Waals surface area contributed by atoms with E-state index in [1.54, 1.807) is 11.9 Å². The average molecular weight is 209 g/mol.